The predicted octanol–water partition coefficient (Wildman–Crippen LogP) is 2.85. The van der Waals surface area contributed by atoms with Crippen molar-refractivity contribution in [3.63, 3.8) is 0 Å². The molecule has 0 saturated heterocycles. The van der Waals surface area contributed by atoms with Crippen LogP contribution in [0.4, 0.5) is 5.69 Å². The minimum Gasteiger partial charge on any atom is -0.493 e. The molecule has 27 heavy (non-hydrogen) atoms. The van der Waals surface area contributed by atoms with Crippen LogP contribution in [0.15, 0.2) is 47.4 Å². The van der Waals surface area contributed by atoms with Gasteiger partial charge in [0.25, 0.3) is 0 Å². The highest BCUT2D eigenvalue weighted by Crippen LogP contribution is 2.33. The molecule has 2 aromatic carbocycles. The lowest BCUT2D eigenvalue weighted by Gasteiger charge is -2.22. The Labute approximate surface area is 159 Å². The standard InChI is InChI=1S/C20H23NO5S/c1-14-12-15-6-4-5-7-17(15)21(14)20(22)10-11-27(23,24)16-8-9-18(25-2)19(13-16)26-3/h4-9,13-14H,10-12H2,1-3H3. The third kappa shape index (κ3) is 3.78. The first-order chi connectivity index (χ1) is 12.9. The molecular formula is C20H23NO5S. The van der Waals surface area contributed by atoms with E-state index in [0.29, 0.717) is 11.5 Å². The number of amides is 1. The number of hydrogen-bond donors (Lipinski definition) is 0. The van der Waals surface area contributed by atoms with E-state index >= 15 is 0 Å². The summed E-state index contributed by atoms with van der Waals surface area (Å²) in [5.74, 6) is 0.353. The number of hydrogen-bond acceptors (Lipinski definition) is 5. The third-order valence-corrected chi connectivity index (χ3v) is 6.49. The summed E-state index contributed by atoms with van der Waals surface area (Å²) in [6.07, 6.45) is 0.708. The summed E-state index contributed by atoms with van der Waals surface area (Å²) in [4.78, 5) is 14.6. The minimum absolute atomic E-state index is 0.0266. The summed E-state index contributed by atoms with van der Waals surface area (Å²) >= 11 is 0. The van der Waals surface area contributed by atoms with Crippen molar-refractivity contribution in [2.75, 3.05) is 24.9 Å². The van der Waals surface area contributed by atoms with E-state index in [1.165, 1.54) is 26.4 Å². The third-order valence-electron chi connectivity index (χ3n) is 4.77. The van der Waals surface area contributed by atoms with Crippen LogP contribution in [0.5, 0.6) is 11.5 Å². The van der Waals surface area contributed by atoms with Gasteiger partial charge in [0.05, 0.1) is 24.9 Å². The van der Waals surface area contributed by atoms with Gasteiger partial charge in [-0.3, -0.25) is 4.79 Å². The molecule has 0 saturated carbocycles. The predicted molar refractivity (Wildman–Crippen MR) is 103 cm³/mol. The maximum atomic E-state index is 12.7. The van der Waals surface area contributed by atoms with Gasteiger partial charge in [-0.25, -0.2) is 8.42 Å². The smallest absolute Gasteiger partial charge is 0.228 e. The molecular weight excluding hydrogens is 366 g/mol. The highest BCUT2D eigenvalue weighted by molar-refractivity contribution is 7.91. The largest absolute Gasteiger partial charge is 0.493 e. The Bertz CT molecular complexity index is 955. The number of ether oxygens (including phenoxy) is 2. The van der Waals surface area contributed by atoms with Crippen molar-refractivity contribution in [2.45, 2.75) is 30.7 Å². The fourth-order valence-electron chi connectivity index (χ4n) is 3.42. The molecule has 0 aliphatic carbocycles. The van der Waals surface area contributed by atoms with Crippen LogP contribution in [0.25, 0.3) is 0 Å². The zero-order valence-corrected chi connectivity index (χ0v) is 16.5. The minimum atomic E-state index is -3.62. The number of methoxy groups -OCH3 is 2. The van der Waals surface area contributed by atoms with Crippen LogP contribution >= 0.6 is 0 Å². The van der Waals surface area contributed by atoms with Crippen molar-refractivity contribution in [3.8, 4) is 11.5 Å². The van der Waals surface area contributed by atoms with Crippen molar-refractivity contribution in [1.29, 1.82) is 0 Å². The van der Waals surface area contributed by atoms with Gasteiger partial charge >= 0.3 is 0 Å². The first-order valence-electron chi connectivity index (χ1n) is 8.72. The Morgan fingerprint density at radius 2 is 1.81 bits per heavy atom. The van der Waals surface area contributed by atoms with Gasteiger partial charge in [0.15, 0.2) is 21.3 Å². The second-order valence-electron chi connectivity index (χ2n) is 6.53. The normalized spacial score (nSPS) is 16.1. The average molecular weight is 389 g/mol. The monoisotopic (exact) mass is 389 g/mol. The molecule has 0 N–H and O–H groups in total. The lowest BCUT2D eigenvalue weighted by molar-refractivity contribution is -0.118. The fraction of sp³-hybridized carbons (Fsp3) is 0.350. The van der Waals surface area contributed by atoms with Crippen molar-refractivity contribution in [3.05, 3.63) is 48.0 Å². The molecule has 3 rings (SSSR count). The summed E-state index contributed by atoms with van der Waals surface area (Å²) in [7, 11) is -0.686. The summed E-state index contributed by atoms with van der Waals surface area (Å²) in [6.45, 7) is 1.97. The number of anilines is 1. The van der Waals surface area contributed by atoms with Crippen LogP contribution in [-0.4, -0.2) is 40.3 Å². The van der Waals surface area contributed by atoms with Gasteiger partial charge in [-0.2, -0.15) is 0 Å². The molecule has 1 amide bonds. The maximum absolute atomic E-state index is 12.7. The Morgan fingerprint density at radius 3 is 2.52 bits per heavy atom. The first kappa shape index (κ1) is 19.2. The van der Waals surface area contributed by atoms with Gasteiger partial charge in [-0.1, -0.05) is 18.2 Å². The number of benzene rings is 2. The van der Waals surface area contributed by atoms with E-state index in [1.807, 2.05) is 31.2 Å². The van der Waals surface area contributed by atoms with Gasteiger partial charge in [-0.15, -0.1) is 0 Å². The molecule has 0 radical (unpaired) electrons. The summed E-state index contributed by atoms with van der Waals surface area (Å²) in [5.41, 5.74) is 1.99. The van der Waals surface area contributed by atoms with Crippen LogP contribution in [0, 0.1) is 0 Å². The number of fused-ring (bicyclic) bond motifs is 1. The second-order valence-corrected chi connectivity index (χ2v) is 8.64. The van der Waals surface area contributed by atoms with Crippen molar-refractivity contribution < 1.29 is 22.7 Å². The van der Waals surface area contributed by atoms with E-state index in [4.69, 9.17) is 9.47 Å². The second kappa shape index (κ2) is 7.60. The quantitative estimate of drug-likeness (QED) is 0.760. The van der Waals surface area contributed by atoms with E-state index in [9.17, 15) is 13.2 Å². The van der Waals surface area contributed by atoms with Crippen LogP contribution in [-0.2, 0) is 21.1 Å². The van der Waals surface area contributed by atoms with Crippen molar-refractivity contribution in [2.24, 2.45) is 0 Å². The van der Waals surface area contributed by atoms with E-state index < -0.39 is 9.84 Å². The highest BCUT2D eigenvalue weighted by atomic mass is 32.2. The summed E-state index contributed by atoms with van der Waals surface area (Å²) in [6, 6.07) is 12.2. The SMILES string of the molecule is COc1ccc(S(=O)(=O)CCC(=O)N2c3ccccc3CC2C)cc1OC. The number of rotatable bonds is 6. The van der Waals surface area contributed by atoms with Gasteiger partial charge in [-0.05, 0) is 37.1 Å². The van der Waals surface area contributed by atoms with Gasteiger partial charge in [0.2, 0.25) is 5.91 Å². The van der Waals surface area contributed by atoms with E-state index in [2.05, 4.69) is 0 Å². The molecule has 1 aliphatic heterocycles. The number of carbonyl (C=O) groups is 1. The molecule has 144 valence electrons. The van der Waals surface area contributed by atoms with Crippen LogP contribution in [0.2, 0.25) is 0 Å². The lowest BCUT2D eigenvalue weighted by Crippen LogP contribution is -2.36. The van der Waals surface area contributed by atoms with E-state index in [0.717, 1.165) is 17.7 Å². The average Bonchev–Trinajstić information content (AvgIpc) is 3.01. The van der Waals surface area contributed by atoms with E-state index in [1.54, 1.807) is 11.0 Å². The Morgan fingerprint density at radius 1 is 1.11 bits per heavy atom. The molecule has 1 unspecified atom stereocenters. The lowest BCUT2D eigenvalue weighted by atomic mass is 10.1. The molecule has 6 nitrogen and oxygen atoms in total. The Balaban J connectivity index is 1.75. The Hall–Kier alpha value is -2.54. The van der Waals surface area contributed by atoms with Crippen LogP contribution in [0.3, 0.4) is 0 Å². The zero-order valence-electron chi connectivity index (χ0n) is 15.6. The molecule has 0 fully saturated rings. The highest BCUT2D eigenvalue weighted by Gasteiger charge is 2.31. The fourth-order valence-corrected chi connectivity index (χ4v) is 4.66. The Kier molecular flexibility index (Phi) is 5.41. The van der Waals surface area contributed by atoms with Gasteiger partial charge in [0.1, 0.15) is 0 Å². The number of sulfone groups is 1. The van der Waals surface area contributed by atoms with E-state index in [-0.39, 0.29) is 29.0 Å². The molecule has 7 heteroatoms. The van der Waals surface area contributed by atoms with Crippen LogP contribution < -0.4 is 14.4 Å². The molecule has 0 bridgehead atoms. The van der Waals surface area contributed by atoms with Gasteiger partial charge < -0.3 is 14.4 Å². The number of carbonyl (C=O) groups excluding carboxylic acids is 1. The molecule has 1 atom stereocenters. The molecule has 1 heterocycles. The molecule has 0 spiro atoms. The molecule has 2 aromatic rings. The number of para-hydroxylation sites is 1. The van der Waals surface area contributed by atoms with Crippen molar-refractivity contribution in [1.82, 2.24) is 0 Å². The molecule has 1 aliphatic rings. The first-order valence-corrected chi connectivity index (χ1v) is 10.4. The van der Waals surface area contributed by atoms with Crippen molar-refractivity contribution >= 4 is 21.4 Å². The maximum Gasteiger partial charge on any atom is 0.228 e. The summed E-state index contributed by atoms with van der Waals surface area (Å²) in [5, 5.41) is 0. The molecule has 0 aromatic heterocycles. The van der Waals surface area contributed by atoms with Crippen LogP contribution in [0.1, 0.15) is 18.9 Å². The topological polar surface area (TPSA) is 72.9 Å². The zero-order chi connectivity index (χ0) is 19.6. The number of nitrogens with zero attached hydrogens (tertiary/aromatic N) is 1. The summed E-state index contributed by atoms with van der Waals surface area (Å²) < 4.78 is 35.7. The van der Waals surface area contributed by atoms with Gasteiger partial charge in [0, 0.05) is 24.2 Å².